The quantitative estimate of drug-likeness (QED) is 0.149. The number of nitrogens with zero attached hydrogens (tertiary/aromatic N) is 1. The molecule has 0 atom stereocenters. The zero-order chi connectivity index (χ0) is 28.4. The minimum absolute atomic E-state index is 0. The Kier molecular flexibility index (Phi) is 17.5. The number of hydrogen-bond acceptors (Lipinski definition) is 5. The van der Waals surface area contributed by atoms with Gasteiger partial charge in [-0.3, -0.25) is 0 Å². The van der Waals surface area contributed by atoms with Gasteiger partial charge in [-0.05, 0) is 48.1 Å². The highest BCUT2D eigenvalue weighted by atomic mass is 79.9. The van der Waals surface area contributed by atoms with Crippen molar-refractivity contribution in [3.05, 3.63) is 59.1 Å². The Morgan fingerprint density at radius 2 is 1.51 bits per heavy atom. The molecule has 2 aromatic carbocycles. The average Bonchev–Trinajstić information content (AvgIpc) is 3.37. The lowest BCUT2D eigenvalue weighted by Crippen LogP contribution is -2.20. The third-order valence-electron chi connectivity index (χ3n) is 7.11. The van der Waals surface area contributed by atoms with Crippen molar-refractivity contribution in [2.45, 2.75) is 97.4 Å². The molecule has 0 aromatic heterocycles. The third kappa shape index (κ3) is 13.9. The van der Waals surface area contributed by atoms with Gasteiger partial charge in [0.15, 0.2) is 0 Å². The second kappa shape index (κ2) is 20.5. The van der Waals surface area contributed by atoms with Crippen LogP contribution in [0.1, 0.15) is 96.5 Å². The third-order valence-corrected chi connectivity index (χ3v) is 8.13. The molecule has 8 heteroatoms. The first kappa shape index (κ1) is 34.9. The summed E-state index contributed by atoms with van der Waals surface area (Å²) in [7, 11) is 1.63. The van der Waals surface area contributed by atoms with E-state index in [0.717, 1.165) is 31.0 Å². The average molecular weight is 649 g/mol. The highest BCUT2D eigenvalue weighted by Gasteiger charge is 2.12. The number of anilines is 2. The van der Waals surface area contributed by atoms with E-state index in [1.54, 1.807) is 7.11 Å². The maximum atomic E-state index is 12.7. The van der Waals surface area contributed by atoms with Gasteiger partial charge >= 0.3 is 6.03 Å². The van der Waals surface area contributed by atoms with Crippen LogP contribution < -0.4 is 20.1 Å². The number of carbonyl (C=O) groups excluding carboxylic acids is 1. The summed E-state index contributed by atoms with van der Waals surface area (Å²) in [6, 6.07) is 13.2. The molecule has 1 heterocycles. The molecule has 0 saturated heterocycles. The first-order valence-corrected chi connectivity index (χ1v) is 16.1. The van der Waals surface area contributed by atoms with Crippen molar-refractivity contribution in [3.8, 4) is 11.5 Å². The fourth-order valence-electron chi connectivity index (χ4n) is 4.80. The summed E-state index contributed by atoms with van der Waals surface area (Å²) in [6.45, 7) is 5.88. The van der Waals surface area contributed by atoms with Gasteiger partial charge in [-0.2, -0.15) is 0 Å². The number of methoxy groups -OCH3 is 1. The van der Waals surface area contributed by atoms with E-state index < -0.39 is 0 Å². The maximum Gasteiger partial charge on any atom is 0.323 e. The molecule has 0 radical (unpaired) electrons. The topological polar surface area (TPSA) is 62.8 Å². The molecule has 6 nitrogen and oxygen atoms in total. The zero-order valence-corrected chi connectivity index (χ0v) is 27.7. The van der Waals surface area contributed by atoms with Gasteiger partial charge in [0.25, 0.3) is 0 Å². The molecule has 2 N–H and O–H groups in total. The number of ether oxygens (including phenoxy) is 2. The molecule has 0 bridgehead atoms. The molecule has 2 aromatic rings. The second-order valence-electron chi connectivity index (χ2n) is 10.6. The van der Waals surface area contributed by atoms with Gasteiger partial charge in [-0.15, -0.1) is 28.7 Å². The Labute approximate surface area is 262 Å². The van der Waals surface area contributed by atoms with Crippen LogP contribution in [0.5, 0.6) is 11.5 Å². The van der Waals surface area contributed by atoms with E-state index >= 15 is 0 Å². The van der Waals surface area contributed by atoms with Gasteiger partial charge in [0.2, 0.25) is 0 Å². The molecule has 2 amide bonds. The van der Waals surface area contributed by atoms with Crippen molar-refractivity contribution in [2.75, 3.05) is 30.2 Å². The van der Waals surface area contributed by atoms with E-state index in [1.165, 1.54) is 74.7 Å². The van der Waals surface area contributed by atoms with Gasteiger partial charge in [-0.1, -0.05) is 89.7 Å². The molecule has 1 aliphatic heterocycles. The number of urea groups is 1. The van der Waals surface area contributed by atoms with Gasteiger partial charge < -0.3 is 25.0 Å². The number of nitrogens with one attached hydrogen (secondary N) is 2. The molecule has 1 aliphatic rings. The Hall–Kier alpha value is -2.32. The number of benzene rings is 2. The van der Waals surface area contributed by atoms with Crippen LogP contribution in [-0.2, 0) is 6.54 Å². The predicted octanol–water partition coefficient (Wildman–Crippen LogP) is 10.4. The second-order valence-corrected chi connectivity index (χ2v) is 11.8. The van der Waals surface area contributed by atoms with E-state index in [1.807, 2.05) is 42.1 Å². The van der Waals surface area contributed by atoms with Crippen molar-refractivity contribution < 1.29 is 14.3 Å². The Morgan fingerprint density at radius 1 is 0.878 bits per heavy atom. The SMILES string of the molecule is Br.CCCCCCCCCCCCCCOc1cc(OC)ccc1NC(=O)Nc1ccc(CN2C=C(C)SC2)cc1. The minimum atomic E-state index is -0.303. The largest absolute Gasteiger partial charge is 0.497 e. The number of halogens is 1. The van der Waals surface area contributed by atoms with Crippen molar-refractivity contribution in [2.24, 2.45) is 0 Å². The molecular formula is C33H50BrN3O3S. The molecule has 3 rings (SSSR count). The predicted molar refractivity (Wildman–Crippen MR) is 181 cm³/mol. The van der Waals surface area contributed by atoms with E-state index in [0.29, 0.717) is 23.8 Å². The van der Waals surface area contributed by atoms with Crippen molar-refractivity contribution in [1.29, 1.82) is 0 Å². The van der Waals surface area contributed by atoms with E-state index in [9.17, 15) is 4.79 Å². The van der Waals surface area contributed by atoms with Gasteiger partial charge in [0.05, 0.1) is 25.3 Å². The number of unbranched alkanes of at least 4 members (excludes halogenated alkanes) is 11. The molecule has 0 aliphatic carbocycles. The van der Waals surface area contributed by atoms with Crippen LogP contribution in [0.25, 0.3) is 0 Å². The fourth-order valence-corrected chi connectivity index (χ4v) is 5.56. The summed E-state index contributed by atoms with van der Waals surface area (Å²) in [5.74, 6) is 2.31. The number of carbonyl (C=O) groups is 1. The smallest absolute Gasteiger partial charge is 0.323 e. The van der Waals surface area contributed by atoms with E-state index in [-0.39, 0.29) is 23.0 Å². The van der Waals surface area contributed by atoms with Gasteiger partial charge in [0.1, 0.15) is 11.5 Å². The fraction of sp³-hybridized carbons (Fsp3) is 0.545. The van der Waals surface area contributed by atoms with Crippen LogP contribution >= 0.6 is 28.7 Å². The number of amides is 2. The Morgan fingerprint density at radius 3 is 2.10 bits per heavy atom. The molecule has 0 spiro atoms. The number of thioether (sulfide) groups is 1. The zero-order valence-electron chi connectivity index (χ0n) is 25.2. The number of rotatable bonds is 19. The minimum Gasteiger partial charge on any atom is -0.497 e. The first-order valence-electron chi connectivity index (χ1n) is 15.1. The molecule has 228 valence electrons. The highest BCUT2D eigenvalue weighted by molar-refractivity contribution is 8.93. The summed E-state index contributed by atoms with van der Waals surface area (Å²) in [5, 5.41) is 5.86. The number of hydrogen-bond donors (Lipinski definition) is 2. The standard InChI is InChI=1S/C33H49N3O3S.BrH/c1-4-5-6-7-8-9-10-11-12-13-14-15-22-39-32-23-30(38-3)20-21-31(32)35-33(37)34-29-18-16-28(17-19-29)25-36-24-27(2)40-26-36;/h16-21,23-24H,4-15,22,25-26H2,1-3H3,(H2,34,35,37);1H. The van der Waals surface area contributed by atoms with Crippen LogP contribution in [0.3, 0.4) is 0 Å². The summed E-state index contributed by atoms with van der Waals surface area (Å²) in [4.78, 5) is 16.4. The van der Waals surface area contributed by atoms with Crippen molar-refractivity contribution >= 4 is 46.1 Å². The molecule has 0 saturated carbocycles. The molecule has 0 fully saturated rings. The summed E-state index contributed by atoms with van der Waals surface area (Å²) >= 11 is 1.86. The molecular weight excluding hydrogens is 598 g/mol. The van der Waals surface area contributed by atoms with E-state index in [4.69, 9.17) is 9.47 Å². The monoisotopic (exact) mass is 647 g/mol. The normalized spacial score (nSPS) is 12.5. The lowest BCUT2D eigenvalue weighted by molar-refractivity contribution is 0.261. The van der Waals surface area contributed by atoms with Gasteiger partial charge in [0, 0.05) is 24.5 Å². The highest BCUT2D eigenvalue weighted by Crippen LogP contribution is 2.30. The Bertz CT molecular complexity index is 1050. The number of allylic oxidation sites excluding steroid dienone is 1. The maximum absolute atomic E-state index is 12.7. The summed E-state index contributed by atoms with van der Waals surface area (Å²) in [6.07, 6.45) is 17.9. The van der Waals surface area contributed by atoms with Gasteiger partial charge in [-0.25, -0.2) is 4.79 Å². The van der Waals surface area contributed by atoms with E-state index in [2.05, 4.69) is 47.7 Å². The van der Waals surface area contributed by atoms with Crippen LogP contribution in [0.4, 0.5) is 16.2 Å². The van der Waals surface area contributed by atoms with Crippen LogP contribution in [0.15, 0.2) is 53.6 Å². The van der Waals surface area contributed by atoms with Crippen LogP contribution in [-0.4, -0.2) is 30.5 Å². The van der Waals surface area contributed by atoms with Crippen molar-refractivity contribution in [1.82, 2.24) is 4.90 Å². The lowest BCUT2D eigenvalue weighted by Gasteiger charge is -2.16. The molecule has 0 unspecified atom stereocenters. The lowest BCUT2D eigenvalue weighted by atomic mass is 10.1. The summed E-state index contributed by atoms with van der Waals surface area (Å²) in [5.41, 5.74) is 2.58. The summed E-state index contributed by atoms with van der Waals surface area (Å²) < 4.78 is 11.5. The molecule has 41 heavy (non-hydrogen) atoms. The van der Waals surface area contributed by atoms with Crippen LogP contribution in [0.2, 0.25) is 0 Å². The van der Waals surface area contributed by atoms with Crippen molar-refractivity contribution in [3.63, 3.8) is 0 Å². The van der Waals surface area contributed by atoms with Crippen LogP contribution in [0, 0.1) is 0 Å². The first-order chi connectivity index (χ1) is 19.6. The Balaban J connectivity index is 0.00000588.